The summed E-state index contributed by atoms with van der Waals surface area (Å²) in [5.41, 5.74) is 1.96. The van der Waals surface area contributed by atoms with Gasteiger partial charge in [0.1, 0.15) is 5.82 Å². The van der Waals surface area contributed by atoms with Gasteiger partial charge in [-0.15, -0.1) is 0 Å². The zero-order valence-corrected chi connectivity index (χ0v) is 14.2. The third-order valence-corrected chi connectivity index (χ3v) is 4.85. The monoisotopic (exact) mass is 337 g/mol. The molecule has 25 heavy (non-hydrogen) atoms. The Kier molecular flexibility index (Phi) is 4.52. The van der Waals surface area contributed by atoms with E-state index in [1.54, 1.807) is 6.20 Å². The Labute approximate surface area is 147 Å². The Bertz CT molecular complexity index is 730. The van der Waals surface area contributed by atoms with Crippen molar-refractivity contribution in [3.8, 4) is 0 Å². The van der Waals surface area contributed by atoms with Crippen molar-refractivity contribution in [3.05, 3.63) is 48.7 Å². The number of rotatable bonds is 2. The molecule has 0 atom stereocenters. The first-order valence-corrected chi connectivity index (χ1v) is 8.89. The molecule has 4 rings (SSSR count). The van der Waals surface area contributed by atoms with Crippen LogP contribution < -0.4 is 20.4 Å². The van der Waals surface area contributed by atoms with Gasteiger partial charge in [0.25, 0.3) is 0 Å². The molecule has 1 aromatic carbocycles. The van der Waals surface area contributed by atoms with Gasteiger partial charge in [0, 0.05) is 25.3 Å². The molecule has 6 heteroatoms. The van der Waals surface area contributed by atoms with Gasteiger partial charge in [0.15, 0.2) is 0 Å². The maximum Gasteiger partial charge on any atom is 0.322 e. The number of nitrogens with one attached hydrogen (secondary N) is 2. The molecule has 2 aliphatic heterocycles. The molecule has 2 aliphatic rings. The van der Waals surface area contributed by atoms with E-state index >= 15 is 0 Å². The van der Waals surface area contributed by atoms with Crippen molar-refractivity contribution in [2.24, 2.45) is 0 Å². The number of aromatic nitrogens is 1. The van der Waals surface area contributed by atoms with E-state index in [2.05, 4.69) is 20.5 Å². The number of anilines is 3. The highest BCUT2D eigenvalue weighted by atomic mass is 16.2. The van der Waals surface area contributed by atoms with E-state index in [1.165, 1.54) is 0 Å². The second kappa shape index (κ2) is 7.11. The smallest absolute Gasteiger partial charge is 0.322 e. The predicted octanol–water partition coefficient (Wildman–Crippen LogP) is 2.50. The van der Waals surface area contributed by atoms with Crippen LogP contribution in [-0.2, 0) is 0 Å². The zero-order valence-electron chi connectivity index (χ0n) is 14.2. The van der Waals surface area contributed by atoms with E-state index in [0.717, 1.165) is 49.7 Å². The predicted molar refractivity (Wildman–Crippen MR) is 99.5 cm³/mol. The van der Waals surface area contributed by atoms with Crippen molar-refractivity contribution < 1.29 is 4.79 Å². The van der Waals surface area contributed by atoms with Gasteiger partial charge >= 0.3 is 6.03 Å². The topological polar surface area (TPSA) is 60.5 Å². The van der Waals surface area contributed by atoms with Crippen LogP contribution in [0.5, 0.6) is 0 Å². The first kappa shape index (κ1) is 15.9. The largest absolute Gasteiger partial charge is 0.335 e. The van der Waals surface area contributed by atoms with E-state index in [9.17, 15) is 4.79 Å². The molecule has 0 saturated carbocycles. The van der Waals surface area contributed by atoms with Gasteiger partial charge in [-0.3, -0.25) is 4.90 Å². The number of para-hydroxylation sites is 2. The number of benzene rings is 1. The molecule has 0 radical (unpaired) electrons. The van der Waals surface area contributed by atoms with Crippen molar-refractivity contribution in [3.63, 3.8) is 0 Å². The number of carbonyl (C=O) groups is 1. The molecular formula is C19H23N5O. The lowest BCUT2D eigenvalue weighted by atomic mass is 10.1. The molecule has 0 aliphatic carbocycles. The Morgan fingerprint density at radius 3 is 2.56 bits per heavy atom. The van der Waals surface area contributed by atoms with Crippen LogP contribution in [0.4, 0.5) is 22.0 Å². The maximum absolute atomic E-state index is 12.8. The summed E-state index contributed by atoms with van der Waals surface area (Å²) in [5.74, 6) is 0.911. The fourth-order valence-corrected chi connectivity index (χ4v) is 3.54. The molecule has 1 fully saturated rings. The molecule has 1 aromatic heterocycles. The van der Waals surface area contributed by atoms with E-state index in [1.807, 2.05) is 47.4 Å². The molecule has 2 N–H and O–H groups in total. The van der Waals surface area contributed by atoms with Crippen molar-refractivity contribution in [1.29, 1.82) is 0 Å². The van der Waals surface area contributed by atoms with Gasteiger partial charge < -0.3 is 15.5 Å². The number of fused-ring (bicyclic) bond motifs is 1. The quantitative estimate of drug-likeness (QED) is 0.884. The fourth-order valence-electron chi connectivity index (χ4n) is 3.54. The van der Waals surface area contributed by atoms with Crippen LogP contribution in [-0.4, -0.2) is 43.2 Å². The first-order valence-electron chi connectivity index (χ1n) is 8.89. The normalized spacial score (nSPS) is 17.9. The van der Waals surface area contributed by atoms with Crippen molar-refractivity contribution >= 4 is 23.2 Å². The van der Waals surface area contributed by atoms with E-state index in [-0.39, 0.29) is 12.1 Å². The number of nitrogens with zero attached hydrogens (tertiary/aromatic N) is 3. The van der Waals surface area contributed by atoms with Crippen LogP contribution in [0, 0.1) is 0 Å². The SMILES string of the molecule is O=C(NC1CCNCC1)N1CCN(c2ccccn2)c2ccccc21. The minimum Gasteiger partial charge on any atom is -0.335 e. The van der Waals surface area contributed by atoms with Crippen LogP contribution >= 0.6 is 0 Å². The average molecular weight is 337 g/mol. The molecule has 130 valence electrons. The summed E-state index contributed by atoms with van der Waals surface area (Å²) in [6.07, 6.45) is 3.77. The number of amides is 2. The maximum atomic E-state index is 12.8. The zero-order chi connectivity index (χ0) is 17.1. The highest BCUT2D eigenvalue weighted by molar-refractivity contribution is 5.97. The minimum atomic E-state index is 0.0000193. The number of piperidine rings is 1. The summed E-state index contributed by atoms with van der Waals surface area (Å²) in [6, 6.07) is 14.2. The highest BCUT2D eigenvalue weighted by Crippen LogP contribution is 2.36. The Morgan fingerprint density at radius 1 is 1.04 bits per heavy atom. The number of hydrogen-bond acceptors (Lipinski definition) is 4. The lowest BCUT2D eigenvalue weighted by molar-refractivity contribution is 0.239. The molecule has 1 saturated heterocycles. The van der Waals surface area contributed by atoms with E-state index in [4.69, 9.17) is 0 Å². The average Bonchev–Trinajstić information content (AvgIpc) is 2.68. The van der Waals surface area contributed by atoms with Gasteiger partial charge in [-0.25, -0.2) is 9.78 Å². The van der Waals surface area contributed by atoms with Crippen LogP contribution in [0.15, 0.2) is 48.7 Å². The van der Waals surface area contributed by atoms with Gasteiger partial charge in [-0.1, -0.05) is 18.2 Å². The summed E-state index contributed by atoms with van der Waals surface area (Å²) in [6.45, 7) is 3.31. The second-order valence-corrected chi connectivity index (χ2v) is 6.45. The third-order valence-electron chi connectivity index (χ3n) is 4.85. The summed E-state index contributed by atoms with van der Waals surface area (Å²) < 4.78 is 0. The highest BCUT2D eigenvalue weighted by Gasteiger charge is 2.29. The van der Waals surface area contributed by atoms with Crippen LogP contribution in [0.25, 0.3) is 0 Å². The number of carbonyl (C=O) groups excluding carboxylic acids is 1. The fraction of sp³-hybridized carbons (Fsp3) is 0.368. The molecular weight excluding hydrogens is 314 g/mol. The molecule has 6 nitrogen and oxygen atoms in total. The molecule has 0 unspecified atom stereocenters. The summed E-state index contributed by atoms with van der Waals surface area (Å²) in [4.78, 5) is 21.3. The minimum absolute atomic E-state index is 0.0000193. The number of hydrogen-bond donors (Lipinski definition) is 2. The van der Waals surface area contributed by atoms with Crippen LogP contribution in [0.1, 0.15) is 12.8 Å². The Morgan fingerprint density at radius 2 is 1.80 bits per heavy atom. The summed E-state index contributed by atoms with van der Waals surface area (Å²) in [7, 11) is 0. The van der Waals surface area contributed by atoms with Crippen molar-refractivity contribution in [2.45, 2.75) is 18.9 Å². The molecule has 2 aromatic rings. The second-order valence-electron chi connectivity index (χ2n) is 6.45. The van der Waals surface area contributed by atoms with Gasteiger partial charge in [-0.2, -0.15) is 0 Å². The van der Waals surface area contributed by atoms with Gasteiger partial charge in [-0.05, 0) is 50.2 Å². The van der Waals surface area contributed by atoms with Crippen molar-refractivity contribution in [2.75, 3.05) is 36.0 Å². The van der Waals surface area contributed by atoms with Crippen molar-refractivity contribution in [1.82, 2.24) is 15.6 Å². The molecule has 0 bridgehead atoms. The first-order chi connectivity index (χ1) is 12.3. The van der Waals surface area contributed by atoms with Gasteiger partial charge in [0.05, 0.1) is 11.4 Å². The van der Waals surface area contributed by atoms with E-state index in [0.29, 0.717) is 6.54 Å². The molecule has 2 amide bonds. The number of urea groups is 1. The van der Waals surface area contributed by atoms with Crippen LogP contribution in [0.3, 0.4) is 0 Å². The number of pyridine rings is 1. The lowest BCUT2D eigenvalue weighted by Crippen LogP contribution is -2.51. The summed E-state index contributed by atoms with van der Waals surface area (Å²) in [5, 5.41) is 6.53. The summed E-state index contributed by atoms with van der Waals surface area (Å²) >= 11 is 0. The van der Waals surface area contributed by atoms with Gasteiger partial charge in [0.2, 0.25) is 0 Å². The molecule has 3 heterocycles. The Balaban J connectivity index is 1.57. The Hall–Kier alpha value is -2.60. The molecule has 0 spiro atoms. The van der Waals surface area contributed by atoms with E-state index < -0.39 is 0 Å². The van der Waals surface area contributed by atoms with Crippen LogP contribution in [0.2, 0.25) is 0 Å². The third kappa shape index (κ3) is 3.30. The lowest BCUT2D eigenvalue weighted by Gasteiger charge is -2.38. The standard InChI is InChI=1S/C19H23N5O/c25-19(22-15-8-11-20-12-9-15)24-14-13-23(18-7-3-4-10-21-18)16-5-1-2-6-17(16)24/h1-7,10,15,20H,8-9,11-14H2,(H,22,25).